The van der Waals surface area contributed by atoms with Gasteiger partial charge in [0.2, 0.25) is 0 Å². The lowest BCUT2D eigenvalue weighted by Crippen LogP contribution is -2.53. The lowest BCUT2D eigenvalue weighted by Gasteiger charge is -2.42. The highest BCUT2D eigenvalue weighted by Crippen LogP contribution is 2.36. The Morgan fingerprint density at radius 2 is 1.95 bits per heavy atom. The molecule has 1 aliphatic carbocycles. The maximum atomic E-state index is 5.99. The van der Waals surface area contributed by atoms with Crippen LogP contribution in [0.4, 0.5) is 0 Å². The monoisotopic (exact) mass is 355 g/mol. The van der Waals surface area contributed by atoms with E-state index < -0.39 is 0 Å². The van der Waals surface area contributed by atoms with Crippen molar-refractivity contribution in [3.8, 4) is 5.75 Å². The fourth-order valence-corrected chi connectivity index (χ4v) is 3.93. The topological polar surface area (TPSA) is 30.5 Å². The van der Waals surface area contributed by atoms with Crippen LogP contribution in [0.15, 0.2) is 22.7 Å². The summed E-state index contributed by atoms with van der Waals surface area (Å²) >= 11 is 3.56. The van der Waals surface area contributed by atoms with Crippen LogP contribution in [0.3, 0.4) is 0 Å². The Hall–Kier alpha value is -0.580. The van der Waals surface area contributed by atoms with E-state index in [1.807, 2.05) is 26.3 Å². The first kappa shape index (κ1) is 16.8. The number of hydrogen-bond donors (Lipinski definition) is 1. The second-order valence-corrected chi connectivity index (χ2v) is 6.75. The Bertz CT molecular complexity index is 458. The van der Waals surface area contributed by atoms with Crippen molar-refractivity contribution in [2.24, 2.45) is 0 Å². The van der Waals surface area contributed by atoms with Gasteiger partial charge >= 0.3 is 0 Å². The smallest absolute Gasteiger partial charge is 0.122 e. The second-order valence-electron chi connectivity index (χ2n) is 5.83. The lowest BCUT2D eigenvalue weighted by atomic mass is 9.77. The van der Waals surface area contributed by atoms with E-state index in [9.17, 15) is 0 Å². The van der Waals surface area contributed by atoms with Crippen LogP contribution in [0.5, 0.6) is 5.75 Å². The van der Waals surface area contributed by atoms with E-state index in [0.717, 1.165) is 29.5 Å². The predicted octanol–water partition coefficient (Wildman–Crippen LogP) is 3.94. The molecule has 0 amide bonds. The van der Waals surface area contributed by atoms with Gasteiger partial charge < -0.3 is 14.8 Å². The predicted molar refractivity (Wildman–Crippen MR) is 90.1 cm³/mol. The summed E-state index contributed by atoms with van der Waals surface area (Å²) in [6.07, 6.45) is 6.99. The maximum Gasteiger partial charge on any atom is 0.122 e. The molecule has 21 heavy (non-hydrogen) atoms. The average Bonchev–Trinajstić information content (AvgIpc) is 2.53. The number of likely N-dealkylation sites (N-methyl/N-ethyl adjacent to an activating group) is 1. The van der Waals surface area contributed by atoms with Gasteiger partial charge in [-0.3, -0.25) is 0 Å². The van der Waals surface area contributed by atoms with E-state index in [2.05, 4.69) is 27.3 Å². The van der Waals surface area contributed by atoms with Crippen LogP contribution in [0.1, 0.15) is 37.7 Å². The summed E-state index contributed by atoms with van der Waals surface area (Å²) in [6.45, 7) is 0. The van der Waals surface area contributed by atoms with Crippen LogP contribution < -0.4 is 10.1 Å². The molecule has 0 bridgehead atoms. The van der Waals surface area contributed by atoms with Gasteiger partial charge in [-0.15, -0.1) is 0 Å². The highest BCUT2D eigenvalue weighted by atomic mass is 79.9. The average molecular weight is 356 g/mol. The number of benzene rings is 1. The number of methoxy groups -OCH3 is 2. The second kappa shape index (κ2) is 7.61. The van der Waals surface area contributed by atoms with E-state index in [-0.39, 0.29) is 5.60 Å². The van der Waals surface area contributed by atoms with Crippen LogP contribution in [0.2, 0.25) is 0 Å². The number of rotatable bonds is 6. The molecule has 1 saturated carbocycles. The van der Waals surface area contributed by atoms with Gasteiger partial charge in [0.15, 0.2) is 0 Å². The molecule has 1 aliphatic rings. The zero-order valence-corrected chi connectivity index (χ0v) is 14.8. The quantitative estimate of drug-likeness (QED) is 0.838. The van der Waals surface area contributed by atoms with Crippen molar-refractivity contribution in [2.75, 3.05) is 21.3 Å². The molecule has 1 N–H and O–H groups in total. The number of ether oxygens (including phenoxy) is 2. The summed E-state index contributed by atoms with van der Waals surface area (Å²) in [4.78, 5) is 0. The molecule has 0 aliphatic heterocycles. The highest BCUT2D eigenvalue weighted by molar-refractivity contribution is 9.10. The Morgan fingerprint density at radius 3 is 2.52 bits per heavy atom. The van der Waals surface area contributed by atoms with Gasteiger partial charge in [-0.2, -0.15) is 0 Å². The van der Waals surface area contributed by atoms with E-state index in [4.69, 9.17) is 9.47 Å². The molecule has 3 nitrogen and oxygen atoms in total. The van der Waals surface area contributed by atoms with Gasteiger partial charge in [0.1, 0.15) is 5.75 Å². The Balaban J connectivity index is 2.23. The summed E-state index contributed by atoms with van der Waals surface area (Å²) in [5, 5.41) is 3.49. The van der Waals surface area contributed by atoms with Crippen molar-refractivity contribution in [1.29, 1.82) is 0 Å². The molecule has 0 heterocycles. The first-order valence-electron chi connectivity index (χ1n) is 7.70. The number of halogens is 1. The third-order valence-corrected chi connectivity index (χ3v) is 5.25. The fraction of sp³-hybridized carbons (Fsp3) is 0.647. The molecule has 1 aromatic rings. The number of nitrogens with one attached hydrogen (secondary N) is 1. The van der Waals surface area contributed by atoms with Gasteiger partial charge in [0.25, 0.3) is 0 Å². The molecule has 0 saturated heterocycles. The van der Waals surface area contributed by atoms with Gasteiger partial charge in [0.05, 0.1) is 12.7 Å². The van der Waals surface area contributed by atoms with Crippen LogP contribution in [-0.2, 0) is 11.2 Å². The Kier molecular flexibility index (Phi) is 6.08. The maximum absolute atomic E-state index is 5.99. The largest absolute Gasteiger partial charge is 0.496 e. The minimum Gasteiger partial charge on any atom is -0.496 e. The molecule has 1 unspecified atom stereocenters. The summed E-state index contributed by atoms with van der Waals surface area (Å²) in [7, 11) is 5.62. The van der Waals surface area contributed by atoms with Crippen molar-refractivity contribution >= 4 is 15.9 Å². The third kappa shape index (κ3) is 3.79. The van der Waals surface area contributed by atoms with E-state index in [1.165, 1.54) is 24.8 Å². The molecule has 0 aromatic heterocycles. The van der Waals surface area contributed by atoms with Crippen LogP contribution in [0, 0.1) is 0 Å². The van der Waals surface area contributed by atoms with Crippen LogP contribution in [0.25, 0.3) is 0 Å². The van der Waals surface area contributed by atoms with Gasteiger partial charge in [0, 0.05) is 17.6 Å². The SMILES string of the molecule is CNC(Cc1cc(Br)ccc1OC)C1(OC)CCCCC1. The normalized spacial score (nSPS) is 19.2. The molecule has 0 spiro atoms. The molecule has 118 valence electrons. The lowest BCUT2D eigenvalue weighted by molar-refractivity contribution is -0.0657. The van der Waals surface area contributed by atoms with Crippen LogP contribution in [-0.4, -0.2) is 32.9 Å². The summed E-state index contributed by atoms with van der Waals surface area (Å²) in [5.41, 5.74) is 1.16. The van der Waals surface area contributed by atoms with Crippen molar-refractivity contribution < 1.29 is 9.47 Å². The molecular formula is C17H26BrNO2. The summed E-state index contributed by atoms with van der Waals surface area (Å²) in [5.74, 6) is 0.945. The minimum absolute atomic E-state index is 0.0552. The van der Waals surface area contributed by atoms with E-state index in [1.54, 1.807) is 7.11 Å². The minimum atomic E-state index is -0.0552. The Morgan fingerprint density at radius 1 is 1.24 bits per heavy atom. The highest BCUT2D eigenvalue weighted by Gasteiger charge is 2.39. The standard InChI is InChI=1S/C17H26BrNO2/c1-19-16(17(21-3)9-5-4-6-10-17)12-13-11-14(18)7-8-15(13)20-2/h7-8,11,16,19H,4-6,9-10,12H2,1-3H3. The zero-order valence-electron chi connectivity index (χ0n) is 13.2. The molecule has 0 radical (unpaired) electrons. The first-order valence-corrected chi connectivity index (χ1v) is 8.49. The first-order chi connectivity index (χ1) is 10.1. The number of hydrogen-bond acceptors (Lipinski definition) is 3. The zero-order chi connectivity index (χ0) is 15.3. The van der Waals surface area contributed by atoms with Crippen molar-refractivity contribution in [2.45, 2.75) is 50.2 Å². The summed E-state index contributed by atoms with van der Waals surface area (Å²) in [6, 6.07) is 6.48. The van der Waals surface area contributed by atoms with Gasteiger partial charge in [-0.1, -0.05) is 35.2 Å². The van der Waals surface area contributed by atoms with Crippen molar-refractivity contribution in [3.63, 3.8) is 0 Å². The molecule has 4 heteroatoms. The fourth-order valence-electron chi connectivity index (χ4n) is 3.52. The van der Waals surface area contributed by atoms with E-state index in [0.29, 0.717) is 6.04 Å². The molecule has 1 atom stereocenters. The van der Waals surface area contributed by atoms with Gasteiger partial charge in [-0.25, -0.2) is 0 Å². The third-order valence-electron chi connectivity index (χ3n) is 4.76. The molecule has 2 rings (SSSR count). The summed E-state index contributed by atoms with van der Waals surface area (Å²) < 4.78 is 12.6. The van der Waals surface area contributed by atoms with E-state index >= 15 is 0 Å². The molecule has 1 fully saturated rings. The Labute approximate surface area is 136 Å². The van der Waals surface area contributed by atoms with Crippen molar-refractivity contribution in [3.05, 3.63) is 28.2 Å². The van der Waals surface area contributed by atoms with Crippen LogP contribution >= 0.6 is 15.9 Å². The van der Waals surface area contributed by atoms with Crippen molar-refractivity contribution in [1.82, 2.24) is 5.32 Å². The van der Waals surface area contributed by atoms with Gasteiger partial charge in [-0.05, 0) is 50.1 Å². The molecule has 1 aromatic carbocycles. The molecular weight excluding hydrogens is 330 g/mol.